The lowest BCUT2D eigenvalue weighted by Gasteiger charge is -2.39. The van der Waals surface area contributed by atoms with Crippen LogP contribution in [0, 0.1) is 10.1 Å². The highest BCUT2D eigenvalue weighted by atomic mass is 79.9. The van der Waals surface area contributed by atoms with E-state index in [1.165, 1.54) is 5.06 Å². The Morgan fingerprint density at radius 1 is 1.48 bits per heavy atom. The third-order valence-electron chi connectivity index (χ3n) is 3.66. The lowest BCUT2D eigenvalue weighted by atomic mass is 9.97. The molecule has 2 rings (SSSR count). The van der Waals surface area contributed by atoms with Gasteiger partial charge in [-0.3, -0.25) is 15.0 Å². The molecule has 0 spiro atoms. The van der Waals surface area contributed by atoms with Gasteiger partial charge in [-0.05, 0) is 37.1 Å². The van der Waals surface area contributed by atoms with Crippen LogP contribution in [0.15, 0.2) is 28.7 Å². The molecule has 1 aromatic rings. The summed E-state index contributed by atoms with van der Waals surface area (Å²) in [6, 6.07) is 6.22. The normalized spacial score (nSPS) is 23.6. The minimum absolute atomic E-state index is 0.263. The molecule has 1 aliphatic heterocycles. The summed E-state index contributed by atoms with van der Waals surface area (Å²) < 4.78 is 0.910. The van der Waals surface area contributed by atoms with Gasteiger partial charge in [0.25, 0.3) is 0 Å². The van der Waals surface area contributed by atoms with Gasteiger partial charge in [0, 0.05) is 15.8 Å². The Bertz CT molecular complexity index is 508. The quantitative estimate of drug-likeness (QED) is 0.460. The van der Waals surface area contributed by atoms with Gasteiger partial charge in [0.15, 0.2) is 6.29 Å². The first-order chi connectivity index (χ1) is 10.1. The van der Waals surface area contributed by atoms with Crippen LogP contribution in [0.5, 0.6) is 0 Å². The standard InChI is InChI=1S/C14H17BrN2O4/c1-2-13(17(19)20)14-8-7-12(9-18)21-16(14)11-5-3-10(15)4-6-11/h3-6,9,12-14H,2,7-8H2,1H3/t12-,13?,14-/m1/s1. The molecular formula is C14H17BrN2O4. The minimum atomic E-state index is -0.721. The number of carbonyl (C=O) groups excluding carboxylic acids is 1. The number of anilines is 1. The molecule has 1 unspecified atom stereocenters. The SMILES string of the molecule is CCC([C@H]1CC[C@H](C=O)ON1c1ccc(Br)cc1)[N+](=O)[O-]. The van der Waals surface area contributed by atoms with Crippen molar-refractivity contribution in [2.75, 3.05) is 5.06 Å². The molecule has 0 amide bonds. The molecule has 1 aliphatic rings. The molecule has 0 aliphatic carbocycles. The number of rotatable bonds is 5. The zero-order valence-corrected chi connectivity index (χ0v) is 13.2. The molecule has 7 heteroatoms. The second-order valence-electron chi connectivity index (χ2n) is 4.99. The van der Waals surface area contributed by atoms with Gasteiger partial charge in [0.1, 0.15) is 12.1 Å². The summed E-state index contributed by atoms with van der Waals surface area (Å²) >= 11 is 3.35. The summed E-state index contributed by atoms with van der Waals surface area (Å²) in [5.41, 5.74) is 0.718. The highest BCUT2D eigenvalue weighted by molar-refractivity contribution is 9.10. The topological polar surface area (TPSA) is 72.7 Å². The van der Waals surface area contributed by atoms with Crippen molar-refractivity contribution >= 4 is 27.9 Å². The van der Waals surface area contributed by atoms with Crippen LogP contribution in [0.2, 0.25) is 0 Å². The Morgan fingerprint density at radius 3 is 2.67 bits per heavy atom. The van der Waals surface area contributed by atoms with Crippen molar-refractivity contribution in [3.8, 4) is 0 Å². The van der Waals surface area contributed by atoms with Crippen LogP contribution in [-0.4, -0.2) is 29.4 Å². The highest BCUT2D eigenvalue weighted by Crippen LogP contribution is 2.30. The van der Waals surface area contributed by atoms with E-state index >= 15 is 0 Å². The van der Waals surface area contributed by atoms with E-state index in [-0.39, 0.29) is 11.0 Å². The number of hydroxylamine groups is 1. The van der Waals surface area contributed by atoms with Crippen LogP contribution in [0.1, 0.15) is 26.2 Å². The summed E-state index contributed by atoms with van der Waals surface area (Å²) in [7, 11) is 0. The van der Waals surface area contributed by atoms with Gasteiger partial charge in [-0.1, -0.05) is 22.9 Å². The van der Waals surface area contributed by atoms with Crippen molar-refractivity contribution in [2.45, 2.75) is 44.4 Å². The number of nitrogens with zero attached hydrogens (tertiary/aromatic N) is 2. The van der Waals surface area contributed by atoms with E-state index in [1.54, 1.807) is 6.92 Å². The average molecular weight is 357 g/mol. The maximum atomic E-state index is 11.3. The smallest absolute Gasteiger partial charge is 0.235 e. The molecule has 3 atom stereocenters. The molecule has 114 valence electrons. The molecule has 21 heavy (non-hydrogen) atoms. The van der Waals surface area contributed by atoms with Crippen LogP contribution in [0.4, 0.5) is 5.69 Å². The summed E-state index contributed by atoms with van der Waals surface area (Å²) in [5.74, 6) is 0. The molecule has 1 heterocycles. The molecule has 0 bridgehead atoms. The lowest BCUT2D eigenvalue weighted by molar-refractivity contribution is -0.528. The monoisotopic (exact) mass is 356 g/mol. The fourth-order valence-corrected chi connectivity index (χ4v) is 2.84. The van der Waals surface area contributed by atoms with Gasteiger partial charge in [-0.15, -0.1) is 0 Å². The van der Waals surface area contributed by atoms with E-state index in [4.69, 9.17) is 4.84 Å². The van der Waals surface area contributed by atoms with Crippen LogP contribution in [0.25, 0.3) is 0 Å². The largest absolute Gasteiger partial charge is 0.300 e. The summed E-state index contributed by atoms with van der Waals surface area (Å²) in [5, 5.41) is 12.8. The Labute approximate surface area is 131 Å². The maximum Gasteiger partial charge on any atom is 0.235 e. The molecule has 1 aromatic carbocycles. The van der Waals surface area contributed by atoms with E-state index < -0.39 is 12.1 Å². The van der Waals surface area contributed by atoms with E-state index in [0.717, 1.165) is 16.4 Å². The van der Waals surface area contributed by atoms with Gasteiger partial charge in [-0.2, -0.15) is 0 Å². The minimum Gasteiger partial charge on any atom is -0.300 e. The Kier molecular flexibility index (Phi) is 5.30. The molecule has 0 radical (unpaired) electrons. The first-order valence-corrected chi connectivity index (χ1v) is 7.66. The van der Waals surface area contributed by atoms with Crippen LogP contribution >= 0.6 is 15.9 Å². The van der Waals surface area contributed by atoms with Crippen LogP contribution in [0.3, 0.4) is 0 Å². The zero-order valence-electron chi connectivity index (χ0n) is 11.6. The van der Waals surface area contributed by atoms with Gasteiger partial charge in [0.2, 0.25) is 6.04 Å². The first-order valence-electron chi connectivity index (χ1n) is 6.87. The summed E-state index contributed by atoms with van der Waals surface area (Å²) in [6.45, 7) is 1.79. The van der Waals surface area contributed by atoms with E-state index in [9.17, 15) is 14.9 Å². The van der Waals surface area contributed by atoms with Crippen molar-refractivity contribution in [3.63, 3.8) is 0 Å². The van der Waals surface area contributed by atoms with E-state index in [2.05, 4.69) is 15.9 Å². The molecule has 0 aromatic heterocycles. The fraction of sp³-hybridized carbons (Fsp3) is 0.500. The van der Waals surface area contributed by atoms with Crippen molar-refractivity contribution in [1.82, 2.24) is 0 Å². The second kappa shape index (κ2) is 7.00. The van der Waals surface area contributed by atoms with Crippen molar-refractivity contribution in [3.05, 3.63) is 38.9 Å². The number of nitro groups is 1. The van der Waals surface area contributed by atoms with Gasteiger partial charge in [-0.25, -0.2) is 5.06 Å². The van der Waals surface area contributed by atoms with E-state index in [1.807, 2.05) is 24.3 Å². The van der Waals surface area contributed by atoms with Crippen molar-refractivity contribution in [2.24, 2.45) is 0 Å². The predicted octanol–water partition coefficient (Wildman–Crippen LogP) is 2.97. The van der Waals surface area contributed by atoms with E-state index in [0.29, 0.717) is 19.3 Å². The molecule has 0 N–H and O–H groups in total. The number of benzene rings is 1. The van der Waals surface area contributed by atoms with Crippen LogP contribution < -0.4 is 5.06 Å². The first kappa shape index (κ1) is 15.9. The fourth-order valence-electron chi connectivity index (χ4n) is 2.57. The maximum absolute atomic E-state index is 11.3. The van der Waals surface area contributed by atoms with Gasteiger partial charge < -0.3 is 4.79 Å². The van der Waals surface area contributed by atoms with Crippen molar-refractivity contribution in [1.29, 1.82) is 0 Å². The number of hydrogen-bond donors (Lipinski definition) is 0. The zero-order chi connectivity index (χ0) is 15.4. The molecule has 1 fully saturated rings. The number of aldehydes is 1. The lowest BCUT2D eigenvalue weighted by Crippen LogP contribution is -2.52. The molecule has 6 nitrogen and oxygen atoms in total. The Balaban J connectivity index is 2.30. The van der Waals surface area contributed by atoms with Crippen molar-refractivity contribution < 1.29 is 14.6 Å². The number of halogens is 1. The second-order valence-corrected chi connectivity index (χ2v) is 5.90. The Morgan fingerprint density at radius 2 is 2.14 bits per heavy atom. The third-order valence-corrected chi connectivity index (χ3v) is 4.19. The third kappa shape index (κ3) is 3.59. The Hall–Kier alpha value is -1.47. The molecule has 1 saturated heterocycles. The number of hydrogen-bond acceptors (Lipinski definition) is 5. The molecule has 0 saturated carbocycles. The summed E-state index contributed by atoms with van der Waals surface area (Å²) in [6.07, 6.45) is 1.67. The average Bonchev–Trinajstić information content (AvgIpc) is 2.49. The molecular weight excluding hydrogens is 340 g/mol. The van der Waals surface area contributed by atoms with Crippen LogP contribution in [-0.2, 0) is 9.63 Å². The predicted molar refractivity (Wildman–Crippen MR) is 81.7 cm³/mol. The highest BCUT2D eigenvalue weighted by Gasteiger charge is 2.40. The number of carbonyl (C=O) groups is 1. The van der Waals surface area contributed by atoms with Gasteiger partial charge in [0.05, 0.1) is 5.69 Å². The summed E-state index contributed by atoms with van der Waals surface area (Å²) in [4.78, 5) is 27.6. The van der Waals surface area contributed by atoms with Gasteiger partial charge >= 0.3 is 0 Å².